The summed E-state index contributed by atoms with van der Waals surface area (Å²) in [6.45, 7) is 0. The van der Waals surface area contributed by atoms with Gasteiger partial charge in [-0.1, -0.05) is 12.8 Å². The first-order valence-corrected chi connectivity index (χ1v) is 9.14. The van der Waals surface area contributed by atoms with Crippen LogP contribution < -0.4 is 11.1 Å². The van der Waals surface area contributed by atoms with Crippen LogP contribution >= 0.6 is 11.3 Å². The number of hydrogen-bond donors (Lipinski definition) is 2. The maximum Gasteiger partial charge on any atom is 0.320 e. The quantitative estimate of drug-likeness (QED) is 0.623. The molecule has 0 fully saturated rings. The highest BCUT2D eigenvalue weighted by atomic mass is 32.1. The average molecular weight is 377 g/mol. The summed E-state index contributed by atoms with van der Waals surface area (Å²) in [7, 11) is 1.45. The van der Waals surface area contributed by atoms with Crippen molar-refractivity contribution in [3.8, 4) is 0 Å². The zero-order chi connectivity index (χ0) is 18.8. The highest BCUT2D eigenvalue weighted by Gasteiger charge is 2.29. The van der Waals surface area contributed by atoms with Crippen LogP contribution in [0.1, 0.15) is 57.0 Å². The summed E-state index contributed by atoms with van der Waals surface area (Å²) in [5, 5.41) is 17.9. The number of carbonyl (C=O) groups is 2. The molecule has 0 spiro atoms. The second-order valence-electron chi connectivity index (χ2n) is 6.20. The van der Waals surface area contributed by atoms with Crippen LogP contribution in [0.5, 0.6) is 0 Å². The first-order chi connectivity index (χ1) is 12.4. The molecule has 0 radical (unpaired) electrons. The molecule has 0 unspecified atom stereocenters. The van der Waals surface area contributed by atoms with Gasteiger partial charge in [-0.2, -0.15) is 5.10 Å². The van der Waals surface area contributed by atoms with Crippen molar-refractivity contribution in [1.29, 1.82) is 0 Å². The number of nitrogens with zero attached hydrogens (tertiary/aromatic N) is 3. The van der Waals surface area contributed by atoms with E-state index in [9.17, 15) is 19.7 Å². The van der Waals surface area contributed by atoms with Gasteiger partial charge < -0.3 is 11.1 Å². The normalized spacial score (nSPS) is 14.2. The molecule has 138 valence electrons. The number of hydrogen-bond acceptors (Lipinski definition) is 6. The number of nitro groups is 1. The molecule has 26 heavy (non-hydrogen) atoms. The van der Waals surface area contributed by atoms with E-state index in [1.165, 1.54) is 18.4 Å². The van der Waals surface area contributed by atoms with Gasteiger partial charge in [0.2, 0.25) is 5.69 Å². The minimum atomic E-state index is -0.687. The van der Waals surface area contributed by atoms with Gasteiger partial charge in [0, 0.05) is 11.9 Å². The molecule has 3 rings (SSSR count). The molecular weight excluding hydrogens is 358 g/mol. The van der Waals surface area contributed by atoms with E-state index < -0.39 is 16.7 Å². The Morgan fingerprint density at radius 2 is 2.00 bits per heavy atom. The van der Waals surface area contributed by atoms with Crippen molar-refractivity contribution < 1.29 is 14.5 Å². The third-order valence-corrected chi connectivity index (χ3v) is 5.68. The fourth-order valence-electron chi connectivity index (χ4n) is 3.25. The molecule has 2 aromatic rings. The molecule has 0 saturated heterocycles. The third kappa shape index (κ3) is 3.32. The molecule has 2 amide bonds. The van der Waals surface area contributed by atoms with Crippen molar-refractivity contribution in [3.05, 3.63) is 38.0 Å². The van der Waals surface area contributed by atoms with E-state index >= 15 is 0 Å². The van der Waals surface area contributed by atoms with Crippen LogP contribution in [-0.4, -0.2) is 26.5 Å². The zero-order valence-corrected chi connectivity index (χ0v) is 15.1. The Bertz CT molecular complexity index is 886. The number of aryl methyl sites for hydroxylation is 2. The van der Waals surface area contributed by atoms with Crippen LogP contribution in [0, 0.1) is 10.1 Å². The van der Waals surface area contributed by atoms with Crippen molar-refractivity contribution in [2.24, 2.45) is 12.8 Å². The predicted molar refractivity (Wildman–Crippen MR) is 96.5 cm³/mol. The monoisotopic (exact) mass is 377 g/mol. The van der Waals surface area contributed by atoms with E-state index in [0.29, 0.717) is 10.6 Å². The summed E-state index contributed by atoms with van der Waals surface area (Å²) in [6.07, 6.45) is 6.81. The minimum Gasteiger partial charge on any atom is -0.365 e. The van der Waals surface area contributed by atoms with E-state index in [1.807, 2.05) is 0 Å². The van der Waals surface area contributed by atoms with Crippen LogP contribution in [0.25, 0.3) is 0 Å². The number of nitrogens with one attached hydrogen (secondary N) is 1. The van der Waals surface area contributed by atoms with Crippen molar-refractivity contribution in [2.45, 2.75) is 38.5 Å². The number of rotatable bonds is 4. The highest BCUT2D eigenvalue weighted by molar-refractivity contribution is 7.17. The number of amides is 2. The lowest BCUT2D eigenvalue weighted by Gasteiger charge is -2.10. The number of primary amides is 1. The summed E-state index contributed by atoms with van der Waals surface area (Å²) < 4.78 is 1.14. The summed E-state index contributed by atoms with van der Waals surface area (Å²) in [5.41, 5.74) is 6.23. The molecule has 0 aromatic carbocycles. The van der Waals surface area contributed by atoms with Crippen LogP contribution in [0.4, 0.5) is 10.7 Å². The maximum atomic E-state index is 12.6. The minimum absolute atomic E-state index is 0.175. The molecule has 0 bridgehead atoms. The molecule has 1 aliphatic rings. The molecule has 2 heterocycles. The number of thiophene rings is 1. The maximum absolute atomic E-state index is 12.6. The van der Waals surface area contributed by atoms with Crippen molar-refractivity contribution in [2.75, 3.05) is 5.32 Å². The molecule has 9 nitrogen and oxygen atoms in total. The van der Waals surface area contributed by atoms with Gasteiger partial charge in [-0.05, 0) is 31.2 Å². The van der Waals surface area contributed by atoms with E-state index in [4.69, 9.17) is 5.73 Å². The Morgan fingerprint density at radius 1 is 1.31 bits per heavy atom. The van der Waals surface area contributed by atoms with E-state index in [0.717, 1.165) is 59.8 Å². The fourth-order valence-corrected chi connectivity index (χ4v) is 4.54. The van der Waals surface area contributed by atoms with Gasteiger partial charge in [0.25, 0.3) is 11.8 Å². The van der Waals surface area contributed by atoms with Crippen molar-refractivity contribution >= 4 is 33.8 Å². The summed E-state index contributed by atoms with van der Waals surface area (Å²) in [4.78, 5) is 36.1. The second-order valence-corrected chi connectivity index (χ2v) is 7.30. The lowest BCUT2D eigenvalue weighted by atomic mass is 9.96. The van der Waals surface area contributed by atoms with Crippen molar-refractivity contribution in [3.63, 3.8) is 0 Å². The van der Waals surface area contributed by atoms with Gasteiger partial charge >= 0.3 is 5.69 Å². The third-order valence-electron chi connectivity index (χ3n) is 4.48. The Labute approximate surface area is 153 Å². The van der Waals surface area contributed by atoms with Gasteiger partial charge in [-0.3, -0.25) is 24.4 Å². The van der Waals surface area contributed by atoms with Crippen LogP contribution in [0.15, 0.2) is 6.20 Å². The molecule has 3 N–H and O–H groups in total. The smallest absolute Gasteiger partial charge is 0.320 e. The van der Waals surface area contributed by atoms with Crippen LogP contribution in [-0.2, 0) is 19.9 Å². The predicted octanol–water partition coefficient (Wildman–Crippen LogP) is 2.40. The lowest BCUT2D eigenvalue weighted by Crippen LogP contribution is -2.20. The Balaban J connectivity index is 1.98. The van der Waals surface area contributed by atoms with Gasteiger partial charge in [-0.25, -0.2) is 0 Å². The first-order valence-electron chi connectivity index (χ1n) is 8.32. The van der Waals surface area contributed by atoms with Gasteiger partial charge in [0.05, 0.1) is 10.5 Å². The number of carbonyl (C=O) groups excluding carboxylic acids is 2. The number of nitrogens with two attached hydrogens (primary N) is 1. The molecule has 1 aliphatic carbocycles. The second kappa shape index (κ2) is 7.24. The Morgan fingerprint density at radius 3 is 2.65 bits per heavy atom. The summed E-state index contributed by atoms with van der Waals surface area (Å²) >= 11 is 1.33. The molecule has 0 atom stereocenters. The van der Waals surface area contributed by atoms with Gasteiger partial charge in [-0.15, -0.1) is 11.3 Å². The van der Waals surface area contributed by atoms with Crippen LogP contribution in [0.2, 0.25) is 0 Å². The van der Waals surface area contributed by atoms with Gasteiger partial charge in [0.1, 0.15) is 11.2 Å². The fraction of sp³-hybridized carbons (Fsp3) is 0.438. The van der Waals surface area contributed by atoms with Crippen LogP contribution in [0.3, 0.4) is 0 Å². The number of anilines is 1. The molecule has 2 aromatic heterocycles. The largest absolute Gasteiger partial charge is 0.365 e. The summed E-state index contributed by atoms with van der Waals surface area (Å²) in [6, 6.07) is 0. The number of aromatic nitrogens is 2. The zero-order valence-electron chi connectivity index (χ0n) is 14.3. The highest BCUT2D eigenvalue weighted by Crippen LogP contribution is 2.37. The van der Waals surface area contributed by atoms with E-state index in [-0.39, 0.29) is 11.4 Å². The molecule has 10 heteroatoms. The first kappa shape index (κ1) is 18.1. The lowest BCUT2D eigenvalue weighted by molar-refractivity contribution is -0.385. The van der Waals surface area contributed by atoms with E-state index in [1.54, 1.807) is 0 Å². The standard InChI is InChI=1S/C16H19N5O4S/c1-20-13(10(8-18-20)21(24)25)15(23)19-16-12(14(17)22)9-6-4-2-3-5-7-11(9)26-16/h8H,2-7H2,1H3,(H2,17,22)(H,19,23). The molecule has 0 aliphatic heterocycles. The average Bonchev–Trinajstić information content (AvgIpc) is 3.08. The Hall–Kier alpha value is -2.75. The number of fused-ring (bicyclic) bond motifs is 1. The summed E-state index contributed by atoms with van der Waals surface area (Å²) in [5.74, 6) is -1.29. The van der Waals surface area contributed by atoms with E-state index in [2.05, 4.69) is 10.4 Å². The van der Waals surface area contributed by atoms with Crippen molar-refractivity contribution in [1.82, 2.24) is 9.78 Å². The SMILES string of the molecule is Cn1ncc([N+](=O)[O-])c1C(=O)Nc1sc2c(c1C(N)=O)CCCCCC2. The topological polar surface area (TPSA) is 133 Å². The molecule has 0 saturated carbocycles. The Kier molecular flexibility index (Phi) is 5.03. The van der Waals surface area contributed by atoms with Gasteiger partial charge in [0.15, 0.2) is 0 Å². The molecular formula is C16H19N5O4S.